The molecule has 1 amide bonds. The minimum atomic E-state index is -0.500. The molecular formula is C19H21NO4. The number of ether oxygens (including phenoxy) is 2. The van der Waals surface area contributed by atoms with Crippen LogP contribution in [0.2, 0.25) is 0 Å². The van der Waals surface area contributed by atoms with Crippen molar-refractivity contribution in [1.82, 2.24) is 5.32 Å². The SMILES string of the molecule is COc1ccc(C(C)NC(=O)COC(=O)c2ccccc2C)cc1. The largest absolute Gasteiger partial charge is 0.497 e. The van der Waals surface area contributed by atoms with Crippen molar-refractivity contribution >= 4 is 11.9 Å². The van der Waals surface area contributed by atoms with Crippen molar-refractivity contribution in [3.05, 3.63) is 65.2 Å². The number of hydrogen-bond donors (Lipinski definition) is 1. The maximum atomic E-state index is 12.0. The van der Waals surface area contributed by atoms with Crippen LogP contribution in [0.15, 0.2) is 48.5 Å². The predicted octanol–water partition coefficient (Wildman–Crippen LogP) is 3.04. The molecule has 0 bridgehead atoms. The number of carbonyl (C=O) groups excluding carboxylic acids is 2. The number of amides is 1. The minimum Gasteiger partial charge on any atom is -0.497 e. The Bertz CT molecular complexity index is 710. The van der Waals surface area contributed by atoms with Gasteiger partial charge in [-0.1, -0.05) is 30.3 Å². The van der Waals surface area contributed by atoms with Crippen LogP contribution in [0.25, 0.3) is 0 Å². The van der Waals surface area contributed by atoms with Crippen molar-refractivity contribution in [3.63, 3.8) is 0 Å². The molecule has 0 aliphatic rings. The Morgan fingerprint density at radius 1 is 1.08 bits per heavy atom. The van der Waals surface area contributed by atoms with Gasteiger partial charge < -0.3 is 14.8 Å². The number of aryl methyl sites for hydroxylation is 1. The summed E-state index contributed by atoms with van der Waals surface area (Å²) in [6.07, 6.45) is 0. The highest BCUT2D eigenvalue weighted by Crippen LogP contribution is 2.17. The Balaban J connectivity index is 1.86. The average molecular weight is 327 g/mol. The van der Waals surface area contributed by atoms with Crippen LogP contribution in [-0.2, 0) is 9.53 Å². The maximum absolute atomic E-state index is 12.0. The van der Waals surface area contributed by atoms with Gasteiger partial charge in [-0.15, -0.1) is 0 Å². The molecule has 1 unspecified atom stereocenters. The second-order valence-corrected chi connectivity index (χ2v) is 5.45. The Morgan fingerprint density at radius 3 is 2.38 bits per heavy atom. The Morgan fingerprint density at radius 2 is 1.75 bits per heavy atom. The van der Waals surface area contributed by atoms with E-state index in [0.717, 1.165) is 16.9 Å². The third-order valence-corrected chi connectivity index (χ3v) is 3.69. The van der Waals surface area contributed by atoms with Crippen molar-refractivity contribution in [2.24, 2.45) is 0 Å². The number of methoxy groups -OCH3 is 1. The molecule has 24 heavy (non-hydrogen) atoms. The van der Waals surface area contributed by atoms with Gasteiger partial charge in [0.1, 0.15) is 5.75 Å². The van der Waals surface area contributed by atoms with Crippen molar-refractivity contribution in [2.75, 3.05) is 13.7 Å². The lowest BCUT2D eigenvalue weighted by Gasteiger charge is -2.15. The molecule has 2 aromatic rings. The van der Waals surface area contributed by atoms with Gasteiger partial charge in [0.05, 0.1) is 18.7 Å². The first-order valence-corrected chi connectivity index (χ1v) is 7.67. The van der Waals surface area contributed by atoms with Crippen molar-refractivity contribution in [3.8, 4) is 5.75 Å². The predicted molar refractivity (Wildman–Crippen MR) is 91.0 cm³/mol. The van der Waals surface area contributed by atoms with E-state index in [9.17, 15) is 9.59 Å². The van der Waals surface area contributed by atoms with E-state index in [1.165, 1.54) is 0 Å². The number of esters is 1. The van der Waals surface area contributed by atoms with Gasteiger partial charge in [-0.2, -0.15) is 0 Å². The van der Waals surface area contributed by atoms with Crippen LogP contribution in [0.5, 0.6) is 5.75 Å². The first-order chi connectivity index (χ1) is 11.5. The van der Waals surface area contributed by atoms with Gasteiger partial charge >= 0.3 is 5.97 Å². The summed E-state index contributed by atoms with van der Waals surface area (Å²) < 4.78 is 10.2. The molecule has 2 aromatic carbocycles. The highest BCUT2D eigenvalue weighted by molar-refractivity contribution is 5.92. The summed E-state index contributed by atoms with van der Waals surface area (Å²) in [5, 5.41) is 2.80. The van der Waals surface area contributed by atoms with E-state index in [0.29, 0.717) is 5.56 Å². The van der Waals surface area contributed by atoms with Crippen molar-refractivity contribution in [2.45, 2.75) is 19.9 Å². The number of rotatable bonds is 6. The Kier molecular flexibility index (Phi) is 5.95. The molecule has 0 aromatic heterocycles. The molecule has 2 rings (SSSR count). The molecule has 5 heteroatoms. The second kappa shape index (κ2) is 8.15. The van der Waals surface area contributed by atoms with Crippen LogP contribution >= 0.6 is 0 Å². The fraction of sp³-hybridized carbons (Fsp3) is 0.263. The van der Waals surface area contributed by atoms with Gasteiger partial charge in [-0.05, 0) is 43.2 Å². The second-order valence-electron chi connectivity index (χ2n) is 5.45. The van der Waals surface area contributed by atoms with Gasteiger partial charge in [0.2, 0.25) is 0 Å². The molecule has 0 fully saturated rings. The first kappa shape index (κ1) is 17.5. The van der Waals surface area contributed by atoms with E-state index >= 15 is 0 Å². The van der Waals surface area contributed by atoms with E-state index < -0.39 is 5.97 Å². The molecule has 0 saturated heterocycles. The molecule has 1 atom stereocenters. The van der Waals surface area contributed by atoms with Gasteiger partial charge in [0.25, 0.3) is 5.91 Å². The first-order valence-electron chi connectivity index (χ1n) is 7.67. The topological polar surface area (TPSA) is 64.6 Å². The summed E-state index contributed by atoms with van der Waals surface area (Å²) in [5.41, 5.74) is 2.22. The van der Waals surface area contributed by atoms with Crippen LogP contribution in [0, 0.1) is 6.92 Å². The molecule has 0 heterocycles. The minimum absolute atomic E-state index is 0.194. The standard InChI is InChI=1S/C19H21NO4/c1-13-6-4-5-7-17(13)19(22)24-12-18(21)20-14(2)15-8-10-16(23-3)11-9-15/h4-11,14H,12H2,1-3H3,(H,20,21). The molecule has 126 valence electrons. The monoisotopic (exact) mass is 327 g/mol. The van der Waals surface area contributed by atoms with Crippen molar-refractivity contribution < 1.29 is 19.1 Å². The molecule has 1 N–H and O–H groups in total. The van der Waals surface area contributed by atoms with Gasteiger partial charge in [0, 0.05) is 0 Å². The molecular weight excluding hydrogens is 306 g/mol. The summed E-state index contributed by atoms with van der Waals surface area (Å²) in [5.74, 6) is -0.0926. The number of nitrogens with one attached hydrogen (secondary N) is 1. The lowest BCUT2D eigenvalue weighted by atomic mass is 10.1. The fourth-order valence-corrected chi connectivity index (χ4v) is 2.27. The quantitative estimate of drug-likeness (QED) is 0.828. The Hall–Kier alpha value is -2.82. The fourth-order valence-electron chi connectivity index (χ4n) is 2.27. The number of carbonyl (C=O) groups is 2. The highest BCUT2D eigenvalue weighted by Gasteiger charge is 2.14. The van der Waals surface area contributed by atoms with Crippen LogP contribution in [-0.4, -0.2) is 25.6 Å². The Labute approximate surface area is 141 Å². The summed E-state index contributed by atoms with van der Waals surface area (Å²) in [4.78, 5) is 23.9. The van der Waals surface area contributed by atoms with Crippen LogP contribution in [0.1, 0.15) is 34.5 Å². The normalized spacial score (nSPS) is 11.5. The molecule has 0 aliphatic heterocycles. The average Bonchev–Trinajstić information content (AvgIpc) is 2.60. The third-order valence-electron chi connectivity index (χ3n) is 3.69. The van der Waals surface area contributed by atoms with Crippen LogP contribution < -0.4 is 10.1 Å². The number of benzene rings is 2. The van der Waals surface area contributed by atoms with E-state index in [1.807, 2.05) is 50.2 Å². The molecule has 0 spiro atoms. The van der Waals surface area contributed by atoms with Gasteiger partial charge in [-0.3, -0.25) is 4.79 Å². The lowest BCUT2D eigenvalue weighted by Crippen LogP contribution is -2.31. The molecule has 0 saturated carbocycles. The smallest absolute Gasteiger partial charge is 0.338 e. The highest BCUT2D eigenvalue weighted by atomic mass is 16.5. The van der Waals surface area contributed by atoms with Crippen LogP contribution in [0.4, 0.5) is 0 Å². The summed E-state index contributed by atoms with van der Waals surface area (Å²) in [6.45, 7) is 3.37. The zero-order chi connectivity index (χ0) is 17.5. The zero-order valence-corrected chi connectivity index (χ0v) is 14.0. The summed E-state index contributed by atoms with van der Waals surface area (Å²) >= 11 is 0. The van der Waals surface area contributed by atoms with Crippen LogP contribution in [0.3, 0.4) is 0 Å². The number of hydrogen-bond acceptors (Lipinski definition) is 4. The van der Waals surface area contributed by atoms with Crippen molar-refractivity contribution in [1.29, 1.82) is 0 Å². The molecule has 0 radical (unpaired) electrons. The van der Waals surface area contributed by atoms with E-state index in [4.69, 9.17) is 9.47 Å². The lowest BCUT2D eigenvalue weighted by molar-refractivity contribution is -0.124. The zero-order valence-electron chi connectivity index (χ0n) is 14.0. The van der Waals surface area contributed by atoms with Gasteiger partial charge in [-0.25, -0.2) is 4.79 Å². The molecule has 5 nitrogen and oxygen atoms in total. The van der Waals surface area contributed by atoms with E-state index in [-0.39, 0.29) is 18.6 Å². The summed E-state index contributed by atoms with van der Waals surface area (Å²) in [6, 6.07) is 14.3. The maximum Gasteiger partial charge on any atom is 0.338 e. The third kappa shape index (κ3) is 4.59. The summed E-state index contributed by atoms with van der Waals surface area (Å²) in [7, 11) is 1.60. The molecule has 0 aliphatic carbocycles. The van der Waals surface area contributed by atoms with E-state index in [2.05, 4.69) is 5.32 Å². The van der Waals surface area contributed by atoms with E-state index in [1.54, 1.807) is 19.2 Å². The van der Waals surface area contributed by atoms with Gasteiger partial charge in [0.15, 0.2) is 6.61 Å².